The Kier molecular flexibility index (Phi) is 6.32. The van der Waals surface area contributed by atoms with Crippen molar-refractivity contribution in [3.05, 3.63) is 53.6 Å². The third-order valence-corrected chi connectivity index (χ3v) is 9.20. The third-order valence-electron chi connectivity index (χ3n) is 6.18. The van der Waals surface area contributed by atoms with Gasteiger partial charge in [-0.15, -0.1) is 0 Å². The largest absolute Gasteiger partial charge is 0.312 e. The van der Waals surface area contributed by atoms with Gasteiger partial charge in [-0.2, -0.15) is 4.31 Å². The van der Waals surface area contributed by atoms with Crippen molar-refractivity contribution in [3.8, 4) is 0 Å². The summed E-state index contributed by atoms with van der Waals surface area (Å²) in [5.74, 6) is -2.43. The molecule has 178 valence electrons. The number of benzene rings is 2. The molecule has 1 fully saturated rings. The summed E-state index contributed by atoms with van der Waals surface area (Å²) in [6.07, 6.45) is 3.00. The number of hydrogen-bond acceptors (Lipinski definition) is 5. The highest BCUT2D eigenvalue weighted by Gasteiger charge is 2.36. The Balaban J connectivity index is 1.49. The van der Waals surface area contributed by atoms with Gasteiger partial charge in [0.15, 0.2) is 9.84 Å². The van der Waals surface area contributed by atoms with Crippen LogP contribution in [0.15, 0.2) is 46.2 Å². The molecule has 2 heterocycles. The summed E-state index contributed by atoms with van der Waals surface area (Å²) in [6.45, 7) is 0.530. The number of halogens is 2. The summed E-state index contributed by atoms with van der Waals surface area (Å²) in [5, 5.41) is 0. The molecule has 2 aromatic rings. The number of fused-ring (bicyclic) bond motifs is 1. The lowest BCUT2D eigenvalue weighted by Crippen LogP contribution is -2.45. The standard InChI is InChI=1S/C22H24F2N2O5S2/c1-32(28,29)18-5-7-20-16(13-18)3-2-10-26(20)22(27)15-8-11-25(12-9-15)33(30,31)21-14-17(23)4-6-19(21)24/h4-7,13-15H,2-3,8-12H2,1H3. The van der Waals surface area contributed by atoms with Gasteiger partial charge in [-0.25, -0.2) is 25.6 Å². The van der Waals surface area contributed by atoms with Crippen LogP contribution in [0.25, 0.3) is 0 Å². The Morgan fingerprint density at radius 2 is 1.67 bits per heavy atom. The van der Waals surface area contributed by atoms with Crippen molar-refractivity contribution in [1.29, 1.82) is 0 Å². The van der Waals surface area contributed by atoms with E-state index in [0.717, 1.165) is 28.3 Å². The van der Waals surface area contributed by atoms with E-state index < -0.39 is 42.3 Å². The summed E-state index contributed by atoms with van der Waals surface area (Å²) in [4.78, 5) is 14.4. The molecule has 0 aliphatic carbocycles. The van der Waals surface area contributed by atoms with E-state index in [-0.39, 0.29) is 36.7 Å². The van der Waals surface area contributed by atoms with Gasteiger partial charge < -0.3 is 4.90 Å². The van der Waals surface area contributed by atoms with E-state index in [2.05, 4.69) is 0 Å². The number of aryl methyl sites for hydroxylation is 1. The minimum Gasteiger partial charge on any atom is -0.312 e. The fraction of sp³-hybridized carbons (Fsp3) is 0.409. The maximum absolute atomic E-state index is 14.0. The van der Waals surface area contributed by atoms with E-state index in [1.807, 2.05) is 0 Å². The van der Waals surface area contributed by atoms with Crippen LogP contribution >= 0.6 is 0 Å². The number of sulfonamides is 1. The first-order valence-corrected chi connectivity index (χ1v) is 13.9. The van der Waals surface area contributed by atoms with Gasteiger partial charge >= 0.3 is 0 Å². The van der Waals surface area contributed by atoms with E-state index in [1.54, 1.807) is 17.0 Å². The second-order valence-corrected chi connectivity index (χ2v) is 12.3. The maximum atomic E-state index is 14.0. The SMILES string of the molecule is CS(=O)(=O)c1ccc2c(c1)CCCN2C(=O)C1CCN(S(=O)(=O)c2cc(F)ccc2F)CC1. The second-order valence-electron chi connectivity index (χ2n) is 8.41. The molecule has 0 spiro atoms. The van der Waals surface area contributed by atoms with Gasteiger partial charge in [0.25, 0.3) is 0 Å². The number of carbonyl (C=O) groups excluding carboxylic acids is 1. The molecule has 2 aromatic carbocycles. The van der Waals surface area contributed by atoms with Gasteiger partial charge in [0.1, 0.15) is 16.5 Å². The molecule has 0 aromatic heterocycles. The predicted octanol–water partition coefficient (Wildman–Crippen LogP) is 2.75. The number of rotatable bonds is 4. The van der Waals surface area contributed by atoms with Crippen molar-refractivity contribution in [3.63, 3.8) is 0 Å². The molecule has 0 atom stereocenters. The van der Waals surface area contributed by atoms with Crippen LogP contribution in [0.2, 0.25) is 0 Å². The van der Waals surface area contributed by atoms with Crippen LogP contribution in [0, 0.1) is 17.6 Å². The Bertz CT molecular complexity index is 1300. The average molecular weight is 499 g/mol. The molecular formula is C22H24F2N2O5S2. The lowest BCUT2D eigenvalue weighted by molar-refractivity contribution is -0.123. The van der Waals surface area contributed by atoms with Crippen LogP contribution in [-0.4, -0.2) is 52.9 Å². The zero-order valence-corrected chi connectivity index (χ0v) is 19.6. The first-order valence-electron chi connectivity index (χ1n) is 10.6. The Morgan fingerprint density at radius 1 is 0.970 bits per heavy atom. The van der Waals surface area contributed by atoms with Crippen LogP contribution in [0.3, 0.4) is 0 Å². The molecule has 4 rings (SSSR count). The van der Waals surface area contributed by atoms with E-state index in [4.69, 9.17) is 0 Å². The molecule has 0 bridgehead atoms. The molecule has 0 radical (unpaired) electrons. The van der Waals surface area contributed by atoms with Crippen molar-refractivity contribution < 1.29 is 30.4 Å². The number of amides is 1. The number of sulfone groups is 1. The highest BCUT2D eigenvalue weighted by Crippen LogP contribution is 2.33. The van der Waals surface area contributed by atoms with E-state index >= 15 is 0 Å². The Hall–Kier alpha value is -2.37. The van der Waals surface area contributed by atoms with Gasteiger partial charge in [0.2, 0.25) is 15.9 Å². The van der Waals surface area contributed by atoms with Crippen molar-refractivity contribution in [1.82, 2.24) is 4.31 Å². The Labute approximate surface area is 192 Å². The number of nitrogens with zero attached hydrogens (tertiary/aromatic N) is 2. The molecule has 0 saturated carbocycles. The molecule has 1 amide bonds. The topological polar surface area (TPSA) is 91.8 Å². The minimum atomic E-state index is -4.22. The molecule has 7 nitrogen and oxygen atoms in total. The first-order chi connectivity index (χ1) is 15.5. The molecule has 11 heteroatoms. The number of anilines is 1. The zero-order valence-electron chi connectivity index (χ0n) is 18.0. The summed E-state index contributed by atoms with van der Waals surface area (Å²) < 4.78 is 77.9. The molecule has 2 aliphatic rings. The monoisotopic (exact) mass is 498 g/mol. The quantitative estimate of drug-likeness (QED) is 0.647. The molecule has 0 N–H and O–H groups in total. The number of hydrogen-bond donors (Lipinski definition) is 0. The van der Waals surface area contributed by atoms with Gasteiger partial charge in [-0.05, 0) is 67.6 Å². The molecule has 33 heavy (non-hydrogen) atoms. The van der Waals surface area contributed by atoms with Crippen molar-refractivity contribution in [2.45, 2.75) is 35.5 Å². The van der Waals surface area contributed by atoms with Crippen LogP contribution in [-0.2, 0) is 31.1 Å². The van der Waals surface area contributed by atoms with E-state index in [9.17, 15) is 30.4 Å². The molecule has 0 unspecified atom stereocenters. The van der Waals surface area contributed by atoms with Crippen LogP contribution in [0.1, 0.15) is 24.8 Å². The second kappa shape index (κ2) is 8.77. The smallest absolute Gasteiger partial charge is 0.246 e. The summed E-state index contributed by atoms with van der Waals surface area (Å²) >= 11 is 0. The minimum absolute atomic E-state index is 0.0163. The van der Waals surface area contributed by atoms with Gasteiger partial charge in [-0.3, -0.25) is 4.79 Å². The van der Waals surface area contributed by atoms with Crippen molar-refractivity contribution in [2.75, 3.05) is 30.8 Å². The third kappa shape index (κ3) is 4.67. The van der Waals surface area contributed by atoms with Gasteiger partial charge in [0, 0.05) is 37.5 Å². The first kappa shape index (κ1) is 23.8. The Morgan fingerprint density at radius 3 is 2.33 bits per heavy atom. The van der Waals surface area contributed by atoms with Crippen molar-refractivity contribution >= 4 is 31.5 Å². The highest BCUT2D eigenvalue weighted by atomic mass is 32.2. The lowest BCUT2D eigenvalue weighted by atomic mass is 9.94. The van der Waals surface area contributed by atoms with Crippen LogP contribution in [0.4, 0.5) is 14.5 Å². The zero-order chi connectivity index (χ0) is 24.0. The average Bonchev–Trinajstić information content (AvgIpc) is 2.78. The normalized spacial score (nSPS) is 18.2. The van der Waals surface area contributed by atoms with Gasteiger partial charge in [-0.1, -0.05) is 0 Å². The maximum Gasteiger partial charge on any atom is 0.246 e. The summed E-state index contributed by atoms with van der Waals surface area (Å²) in [7, 11) is -7.58. The molecule has 1 saturated heterocycles. The molecule has 2 aliphatic heterocycles. The van der Waals surface area contributed by atoms with Crippen LogP contribution in [0.5, 0.6) is 0 Å². The lowest BCUT2D eigenvalue weighted by Gasteiger charge is -2.36. The predicted molar refractivity (Wildman–Crippen MR) is 118 cm³/mol. The number of piperidine rings is 1. The summed E-state index contributed by atoms with van der Waals surface area (Å²) in [5.41, 5.74) is 1.47. The fourth-order valence-electron chi connectivity index (χ4n) is 4.41. The summed E-state index contributed by atoms with van der Waals surface area (Å²) in [6, 6.07) is 7.04. The van der Waals surface area contributed by atoms with Crippen molar-refractivity contribution in [2.24, 2.45) is 5.92 Å². The van der Waals surface area contributed by atoms with E-state index in [1.165, 1.54) is 6.07 Å². The fourth-order valence-corrected chi connectivity index (χ4v) is 6.63. The molecular weight excluding hydrogens is 474 g/mol. The van der Waals surface area contributed by atoms with E-state index in [0.29, 0.717) is 31.1 Å². The van der Waals surface area contributed by atoms with Gasteiger partial charge in [0.05, 0.1) is 4.90 Å². The van der Waals surface area contributed by atoms with Crippen LogP contribution < -0.4 is 4.90 Å². The number of carbonyl (C=O) groups is 1. The highest BCUT2D eigenvalue weighted by molar-refractivity contribution is 7.90.